The van der Waals surface area contributed by atoms with E-state index < -0.39 is 11.7 Å². The molecule has 0 fully saturated rings. The van der Waals surface area contributed by atoms with Gasteiger partial charge in [-0.05, 0) is 12.1 Å². The zero-order valence-corrected chi connectivity index (χ0v) is 7.41. The molecule has 0 bridgehead atoms. The first-order chi connectivity index (χ1) is 6.60. The molecule has 5 heteroatoms. The van der Waals surface area contributed by atoms with Crippen LogP contribution < -0.4 is 10.5 Å². The number of halogens is 1. The standard InChI is InChI=1S/C9H8FNO3/c1-14-8-6(4-12)2-5(9(11)13)3-7(8)10/h2-4H,1H3,(H2,11,13). The number of carbonyl (C=O) groups excluding carboxylic acids is 2. The lowest BCUT2D eigenvalue weighted by molar-refractivity contribution is 0.1000. The molecule has 2 N–H and O–H groups in total. The van der Waals surface area contributed by atoms with Gasteiger partial charge in [0.15, 0.2) is 17.9 Å². The summed E-state index contributed by atoms with van der Waals surface area (Å²) in [5, 5.41) is 0. The van der Waals surface area contributed by atoms with Gasteiger partial charge in [0, 0.05) is 5.56 Å². The highest BCUT2D eigenvalue weighted by molar-refractivity contribution is 5.95. The Balaban J connectivity index is 3.38. The van der Waals surface area contributed by atoms with Crippen LogP contribution in [0.3, 0.4) is 0 Å². The van der Waals surface area contributed by atoms with Crippen molar-refractivity contribution in [2.24, 2.45) is 5.73 Å². The zero-order chi connectivity index (χ0) is 10.7. The van der Waals surface area contributed by atoms with E-state index in [2.05, 4.69) is 4.74 Å². The predicted molar refractivity (Wildman–Crippen MR) is 46.9 cm³/mol. The third-order valence-corrected chi connectivity index (χ3v) is 1.69. The number of primary amides is 1. The minimum Gasteiger partial charge on any atom is -0.493 e. The Morgan fingerprint density at radius 2 is 2.21 bits per heavy atom. The normalized spacial score (nSPS) is 9.57. The Bertz CT molecular complexity index is 390. The highest BCUT2D eigenvalue weighted by atomic mass is 19.1. The SMILES string of the molecule is COc1c(F)cc(C(N)=O)cc1C=O. The molecule has 0 aromatic heterocycles. The van der Waals surface area contributed by atoms with Gasteiger partial charge in [-0.15, -0.1) is 0 Å². The first-order valence-electron chi connectivity index (χ1n) is 3.72. The van der Waals surface area contributed by atoms with Gasteiger partial charge in [0.1, 0.15) is 0 Å². The van der Waals surface area contributed by atoms with E-state index in [1.807, 2.05) is 0 Å². The second-order valence-corrected chi connectivity index (χ2v) is 2.56. The van der Waals surface area contributed by atoms with Crippen LogP contribution in [-0.2, 0) is 0 Å². The summed E-state index contributed by atoms with van der Waals surface area (Å²) in [5.74, 6) is -1.77. The van der Waals surface area contributed by atoms with E-state index in [1.165, 1.54) is 13.2 Å². The largest absolute Gasteiger partial charge is 0.493 e. The van der Waals surface area contributed by atoms with Gasteiger partial charge in [0.2, 0.25) is 5.91 Å². The maximum Gasteiger partial charge on any atom is 0.248 e. The lowest BCUT2D eigenvalue weighted by atomic mass is 10.1. The Kier molecular flexibility index (Phi) is 2.81. The van der Waals surface area contributed by atoms with Crippen LogP contribution in [0.2, 0.25) is 0 Å². The maximum absolute atomic E-state index is 13.2. The summed E-state index contributed by atoms with van der Waals surface area (Å²) in [4.78, 5) is 21.2. The summed E-state index contributed by atoms with van der Waals surface area (Å²) < 4.78 is 17.8. The van der Waals surface area contributed by atoms with Gasteiger partial charge in [-0.3, -0.25) is 9.59 Å². The van der Waals surface area contributed by atoms with Crippen LogP contribution in [0, 0.1) is 5.82 Å². The first kappa shape index (κ1) is 10.2. The molecule has 0 aliphatic rings. The average Bonchev–Trinajstić information content (AvgIpc) is 2.16. The van der Waals surface area contributed by atoms with Gasteiger partial charge in [-0.25, -0.2) is 4.39 Å². The van der Waals surface area contributed by atoms with Crippen molar-refractivity contribution in [3.05, 3.63) is 29.1 Å². The fourth-order valence-corrected chi connectivity index (χ4v) is 1.06. The summed E-state index contributed by atoms with van der Waals surface area (Å²) in [6.45, 7) is 0. The number of nitrogens with two attached hydrogens (primary N) is 1. The Morgan fingerprint density at radius 3 is 2.64 bits per heavy atom. The van der Waals surface area contributed by atoms with Crippen molar-refractivity contribution in [3.8, 4) is 5.75 Å². The van der Waals surface area contributed by atoms with Gasteiger partial charge >= 0.3 is 0 Å². The molecule has 0 aliphatic carbocycles. The molecule has 1 amide bonds. The second-order valence-electron chi connectivity index (χ2n) is 2.56. The third kappa shape index (κ3) is 1.71. The number of rotatable bonds is 3. The third-order valence-electron chi connectivity index (χ3n) is 1.69. The topological polar surface area (TPSA) is 69.4 Å². The monoisotopic (exact) mass is 197 g/mol. The molecule has 0 saturated carbocycles. The number of aldehydes is 1. The zero-order valence-electron chi connectivity index (χ0n) is 7.41. The van der Waals surface area contributed by atoms with Gasteiger partial charge in [-0.1, -0.05) is 0 Å². The fraction of sp³-hybridized carbons (Fsp3) is 0.111. The summed E-state index contributed by atoms with van der Waals surface area (Å²) in [7, 11) is 1.23. The molecule has 0 saturated heterocycles. The van der Waals surface area contributed by atoms with Crippen molar-refractivity contribution in [2.45, 2.75) is 0 Å². The number of ether oxygens (including phenoxy) is 1. The summed E-state index contributed by atoms with van der Waals surface area (Å²) in [6.07, 6.45) is 0.397. The van der Waals surface area contributed by atoms with Crippen molar-refractivity contribution in [3.63, 3.8) is 0 Å². The summed E-state index contributed by atoms with van der Waals surface area (Å²) >= 11 is 0. The number of benzene rings is 1. The number of hydrogen-bond donors (Lipinski definition) is 1. The van der Waals surface area contributed by atoms with Crippen LogP contribution in [0.4, 0.5) is 4.39 Å². The van der Waals surface area contributed by atoms with Crippen LogP contribution in [0.5, 0.6) is 5.75 Å². The number of carbonyl (C=O) groups is 2. The summed E-state index contributed by atoms with van der Waals surface area (Å²) in [5.41, 5.74) is 4.83. The Morgan fingerprint density at radius 1 is 1.57 bits per heavy atom. The number of methoxy groups -OCH3 is 1. The van der Waals surface area contributed by atoms with Crippen LogP contribution in [0.1, 0.15) is 20.7 Å². The quantitative estimate of drug-likeness (QED) is 0.726. The highest BCUT2D eigenvalue weighted by Crippen LogP contribution is 2.22. The molecule has 0 radical (unpaired) electrons. The van der Waals surface area contributed by atoms with E-state index >= 15 is 0 Å². The summed E-state index contributed by atoms with van der Waals surface area (Å²) in [6, 6.07) is 2.10. The van der Waals surface area contributed by atoms with E-state index in [0.29, 0.717) is 6.29 Å². The lowest BCUT2D eigenvalue weighted by Gasteiger charge is -2.05. The van der Waals surface area contributed by atoms with Crippen LogP contribution in [-0.4, -0.2) is 19.3 Å². The maximum atomic E-state index is 13.2. The molecule has 14 heavy (non-hydrogen) atoms. The van der Waals surface area contributed by atoms with E-state index in [9.17, 15) is 14.0 Å². The smallest absolute Gasteiger partial charge is 0.248 e. The second kappa shape index (κ2) is 3.87. The molecule has 0 spiro atoms. The molecule has 4 nitrogen and oxygen atoms in total. The molecule has 1 aromatic rings. The van der Waals surface area contributed by atoms with E-state index in [1.54, 1.807) is 0 Å². The van der Waals surface area contributed by atoms with E-state index in [0.717, 1.165) is 6.07 Å². The molecular formula is C9H8FNO3. The Hall–Kier alpha value is -1.91. The van der Waals surface area contributed by atoms with Crippen molar-refractivity contribution >= 4 is 12.2 Å². The van der Waals surface area contributed by atoms with Gasteiger partial charge in [0.25, 0.3) is 0 Å². The molecule has 0 unspecified atom stereocenters. The molecular weight excluding hydrogens is 189 g/mol. The van der Waals surface area contributed by atoms with Crippen molar-refractivity contribution < 1.29 is 18.7 Å². The number of hydrogen-bond acceptors (Lipinski definition) is 3. The van der Waals surface area contributed by atoms with Crippen molar-refractivity contribution in [1.82, 2.24) is 0 Å². The molecule has 0 atom stereocenters. The van der Waals surface area contributed by atoms with Crippen LogP contribution in [0.25, 0.3) is 0 Å². The predicted octanol–water partition coefficient (Wildman–Crippen LogP) is 0.746. The van der Waals surface area contributed by atoms with Crippen LogP contribution >= 0.6 is 0 Å². The van der Waals surface area contributed by atoms with Crippen LogP contribution in [0.15, 0.2) is 12.1 Å². The molecule has 0 aliphatic heterocycles. The molecule has 0 heterocycles. The van der Waals surface area contributed by atoms with Crippen molar-refractivity contribution in [1.29, 1.82) is 0 Å². The molecule has 1 aromatic carbocycles. The van der Waals surface area contributed by atoms with Gasteiger partial charge in [0.05, 0.1) is 12.7 Å². The van der Waals surface area contributed by atoms with Gasteiger partial charge < -0.3 is 10.5 Å². The molecule has 74 valence electrons. The Labute approximate surface area is 79.5 Å². The lowest BCUT2D eigenvalue weighted by Crippen LogP contribution is -2.12. The minimum absolute atomic E-state index is 0.0405. The van der Waals surface area contributed by atoms with E-state index in [-0.39, 0.29) is 16.9 Å². The fourth-order valence-electron chi connectivity index (χ4n) is 1.06. The van der Waals surface area contributed by atoms with E-state index in [4.69, 9.17) is 5.73 Å². The van der Waals surface area contributed by atoms with Crippen molar-refractivity contribution in [2.75, 3.05) is 7.11 Å². The van der Waals surface area contributed by atoms with Gasteiger partial charge in [-0.2, -0.15) is 0 Å². The average molecular weight is 197 g/mol. The number of amides is 1. The first-order valence-corrected chi connectivity index (χ1v) is 3.72. The minimum atomic E-state index is -0.797. The highest BCUT2D eigenvalue weighted by Gasteiger charge is 2.13. The molecule has 1 rings (SSSR count).